The number of nitrogen functional groups attached to an aromatic ring is 1. The first-order valence-electron chi connectivity index (χ1n) is 5.58. The number of benzene rings is 2. The number of hydrogen-bond acceptors (Lipinski definition) is 2. The van der Waals surface area contributed by atoms with Crippen LogP contribution in [0.4, 0.5) is 15.8 Å². The van der Waals surface area contributed by atoms with Crippen LogP contribution < -0.4 is 10.6 Å². The summed E-state index contributed by atoms with van der Waals surface area (Å²) in [4.78, 5) is 13.4. The van der Waals surface area contributed by atoms with Crippen molar-refractivity contribution in [3.05, 3.63) is 58.9 Å². The fourth-order valence-corrected chi connectivity index (χ4v) is 1.85. The minimum Gasteiger partial charge on any atom is -0.399 e. The molecule has 2 aromatic rings. The van der Waals surface area contributed by atoms with Gasteiger partial charge < -0.3 is 10.6 Å². The molecule has 98 valence electrons. The van der Waals surface area contributed by atoms with E-state index in [1.54, 1.807) is 30.3 Å². The van der Waals surface area contributed by atoms with Gasteiger partial charge in [0.15, 0.2) is 5.82 Å². The molecule has 0 aliphatic carbocycles. The third kappa shape index (κ3) is 2.69. The topological polar surface area (TPSA) is 46.3 Å². The summed E-state index contributed by atoms with van der Waals surface area (Å²) < 4.78 is 13.8. The van der Waals surface area contributed by atoms with Crippen LogP contribution in [0.3, 0.4) is 0 Å². The van der Waals surface area contributed by atoms with Crippen molar-refractivity contribution in [1.82, 2.24) is 0 Å². The molecular weight excluding hydrogens is 267 g/mol. The Morgan fingerprint density at radius 2 is 1.84 bits per heavy atom. The molecule has 3 nitrogen and oxygen atoms in total. The van der Waals surface area contributed by atoms with Crippen molar-refractivity contribution in [2.75, 3.05) is 17.7 Å². The van der Waals surface area contributed by atoms with Gasteiger partial charge in [-0.3, -0.25) is 4.79 Å². The minimum atomic E-state index is -0.615. The number of amides is 1. The standard InChI is InChI=1S/C14H12ClFN2O/c1-18(12-4-2-3-11(15)13(12)16)14(19)9-5-7-10(17)8-6-9/h2-8H,17H2,1H3. The van der Waals surface area contributed by atoms with Gasteiger partial charge in [-0.2, -0.15) is 0 Å². The van der Waals surface area contributed by atoms with Crippen LogP contribution in [0.5, 0.6) is 0 Å². The predicted molar refractivity (Wildman–Crippen MR) is 75.0 cm³/mol. The summed E-state index contributed by atoms with van der Waals surface area (Å²) in [6.45, 7) is 0. The zero-order valence-corrected chi connectivity index (χ0v) is 11.0. The van der Waals surface area contributed by atoms with E-state index in [1.165, 1.54) is 24.1 Å². The number of rotatable bonds is 2. The summed E-state index contributed by atoms with van der Waals surface area (Å²) >= 11 is 5.70. The van der Waals surface area contributed by atoms with E-state index >= 15 is 0 Å². The van der Waals surface area contributed by atoms with Crippen molar-refractivity contribution in [3.8, 4) is 0 Å². The highest BCUT2D eigenvalue weighted by Gasteiger charge is 2.17. The monoisotopic (exact) mass is 278 g/mol. The normalized spacial score (nSPS) is 10.3. The largest absolute Gasteiger partial charge is 0.399 e. The van der Waals surface area contributed by atoms with Crippen LogP contribution in [0.2, 0.25) is 5.02 Å². The molecule has 0 spiro atoms. The van der Waals surface area contributed by atoms with Crippen LogP contribution >= 0.6 is 11.6 Å². The average molecular weight is 279 g/mol. The second-order valence-corrected chi connectivity index (χ2v) is 4.47. The molecule has 1 amide bonds. The average Bonchev–Trinajstić information content (AvgIpc) is 2.41. The molecule has 0 unspecified atom stereocenters. The number of anilines is 2. The lowest BCUT2D eigenvalue weighted by molar-refractivity contribution is 0.0992. The quantitative estimate of drug-likeness (QED) is 0.857. The molecule has 5 heteroatoms. The lowest BCUT2D eigenvalue weighted by Gasteiger charge is -2.18. The maximum Gasteiger partial charge on any atom is 0.258 e. The Labute approximate surface area is 115 Å². The second-order valence-electron chi connectivity index (χ2n) is 4.06. The van der Waals surface area contributed by atoms with Crippen molar-refractivity contribution in [2.24, 2.45) is 0 Å². The summed E-state index contributed by atoms with van der Waals surface area (Å²) in [7, 11) is 1.49. The number of halogens is 2. The van der Waals surface area contributed by atoms with E-state index in [-0.39, 0.29) is 16.6 Å². The first-order valence-corrected chi connectivity index (χ1v) is 5.96. The van der Waals surface area contributed by atoms with Crippen molar-refractivity contribution < 1.29 is 9.18 Å². The molecular formula is C14H12ClFN2O. The first kappa shape index (κ1) is 13.4. The highest BCUT2D eigenvalue weighted by Crippen LogP contribution is 2.25. The molecule has 0 saturated heterocycles. The fraction of sp³-hybridized carbons (Fsp3) is 0.0714. The third-order valence-electron chi connectivity index (χ3n) is 2.75. The van der Waals surface area contributed by atoms with Gasteiger partial charge in [-0.25, -0.2) is 4.39 Å². The number of carbonyl (C=O) groups excluding carboxylic acids is 1. The van der Waals surface area contributed by atoms with E-state index < -0.39 is 5.82 Å². The summed E-state index contributed by atoms with van der Waals surface area (Å²) in [6.07, 6.45) is 0. The maximum absolute atomic E-state index is 13.8. The predicted octanol–water partition coefficient (Wildman–Crippen LogP) is 3.34. The Kier molecular flexibility index (Phi) is 3.71. The molecule has 0 aliphatic rings. The van der Waals surface area contributed by atoms with Crippen LogP contribution in [0.1, 0.15) is 10.4 Å². The van der Waals surface area contributed by atoms with Gasteiger partial charge in [0.2, 0.25) is 0 Å². The second kappa shape index (κ2) is 5.28. The third-order valence-corrected chi connectivity index (χ3v) is 3.05. The van der Waals surface area contributed by atoms with Crippen molar-refractivity contribution in [3.63, 3.8) is 0 Å². The Balaban J connectivity index is 2.33. The number of nitrogens with zero attached hydrogens (tertiary/aromatic N) is 1. The summed E-state index contributed by atoms with van der Waals surface area (Å²) in [5.74, 6) is -0.948. The molecule has 0 atom stereocenters. The van der Waals surface area contributed by atoms with E-state index in [0.29, 0.717) is 11.3 Å². The molecule has 0 fully saturated rings. The summed E-state index contributed by atoms with van der Waals surface area (Å²) in [5.41, 5.74) is 6.68. The lowest BCUT2D eigenvalue weighted by Crippen LogP contribution is -2.27. The zero-order valence-electron chi connectivity index (χ0n) is 10.2. The molecule has 2 aromatic carbocycles. The Bertz CT molecular complexity index is 613. The number of nitrogens with two attached hydrogens (primary N) is 1. The molecule has 2 N–H and O–H groups in total. The Morgan fingerprint density at radius 3 is 2.47 bits per heavy atom. The van der Waals surface area contributed by atoms with Crippen LogP contribution in [0.25, 0.3) is 0 Å². The first-order chi connectivity index (χ1) is 9.00. The fourth-order valence-electron chi connectivity index (χ4n) is 1.68. The van der Waals surface area contributed by atoms with E-state index in [9.17, 15) is 9.18 Å². The van der Waals surface area contributed by atoms with Gasteiger partial charge in [-0.1, -0.05) is 17.7 Å². The van der Waals surface area contributed by atoms with E-state index in [2.05, 4.69) is 0 Å². The van der Waals surface area contributed by atoms with Gasteiger partial charge in [-0.05, 0) is 36.4 Å². The molecule has 0 radical (unpaired) electrons. The Morgan fingerprint density at radius 1 is 1.21 bits per heavy atom. The molecule has 0 aromatic heterocycles. The highest BCUT2D eigenvalue weighted by atomic mass is 35.5. The number of hydrogen-bond donors (Lipinski definition) is 1. The van der Waals surface area contributed by atoms with Crippen molar-refractivity contribution in [2.45, 2.75) is 0 Å². The van der Waals surface area contributed by atoms with Crippen LogP contribution in [0.15, 0.2) is 42.5 Å². The van der Waals surface area contributed by atoms with Gasteiger partial charge in [-0.15, -0.1) is 0 Å². The highest BCUT2D eigenvalue weighted by molar-refractivity contribution is 6.31. The van der Waals surface area contributed by atoms with E-state index in [4.69, 9.17) is 17.3 Å². The van der Waals surface area contributed by atoms with Crippen molar-refractivity contribution >= 4 is 28.9 Å². The number of carbonyl (C=O) groups is 1. The van der Waals surface area contributed by atoms with Crippen LogP contribution in [-0.4, -0.2) is 13.0 Å². The van der Waals surface area contributed by atoms with Crippen LogP contribution in [0, 0.1) is 5.82 Å². The smallest absolute Gasteiger partial charge is 0.258 e. The SMILES string of the molecule is CN(C(=O)c1ccc(N)cc1)c1cccc(Cl)c1F. The Hall–Kier alpha value is -2.07. The molecule has 2 rings (SSSR count). The summed E-state index contributed by atoms with van der Waals surface area (Å²) in [5, 5.41) is -0.0190. The molecule has 19 heavy (non-hydrogen) atoms. The zero-order chi connectivity index (χ0) is 14.0. The van der Waals surface area contributed by atoms with E-state index in [1.807, 2.05) is 0 Å². The summed E-state index contributed by atoms with van der Waals surface area (Å²) in [6, 6.07) is 10.9. The van der Waals surface area contributed by atoms with Crippen molar-refractivity contribution in [1.29, 1.82) is 0 Å². The van der Waals surface area contributed by atoms with E-state index in [0.717, 1.165) is 0 Å². The maximum atomic E-state index is 13.8. The minimum absolute atomic E-state index is 0.0190. The van der Waals surface area contributed by atoms with Gasteiger partial charge >= 0.3 is 0 Å². The lowest BCUT2D eigenvalue weighted by atomic mass is 10.1. The van der Waals surface area contributed by atoms with Gasteiger partial charge in [0.1, 0.15) is 0 Å². The van der Waals surface area contributed by atoms with Crippen LogP contribution in [-0.2, 0) is 0 Å². The molecule has 0 heterocycles. The van der Waals surface area contributed by atoms with Gasteiger partial charge in [0.05, 0.1) is 10.7 Å². The molecule has 0 bridgehead atoms. The van der Waals surface area contributed by atoms with Gasteiger partial charge in [0.25, 0.3) is 5.91 Å². The van der Waals surface area contributed by atoms with Gasteiger partial charge in [0, 0.05) is 18.3 Å². The molecule has 0 aliphatic heterocycles. The molecule has 0 saturated carbocycles.